The van der Waals surface area contributed by atoms with E-state index in [-0.39, 0.29) is 11.5 Å². The first-order chi connectivity index (χ1) is 6.61. The first-order valence-corrected chi connectivity index (χ1v) is 6.34. The molecular weight excluding hydrogens is 202 g/mol. The molecule has 0 unspecified atom stereocenters. The molecule has 6 heteroatoms. The van der Waals surface area contributed by atoms with Crippen LogP contribution < -0.4 is 5.32 Å². The van der Waals surface area contributed by atoms with Crippen molar-refractivity contribution in [3.63, 3.8) is 0 Å². The molecule has 14 heavy (non-hydrogen) atoms. The summed E-state index contributed by atoms with van der Waals surface area (Å²) in [6.07, 6.45) is 0.540. The van der Waals surface area contributed by atoms with E-state index in [9.17, 15) is 8.42 Å². The topological polar surface area (TPSA) is 74.8 Å². The minimum atomic E-state index is -2.89. The molecule has 1 aromatic heterocycles. The zero-order chi connectivity index (χ0) is 10.2. The standard InChI is InChI=1S/C8H13N3O2S/c1-9-4-8-10-6-2-3-14(12,13)5-7(6)11-8/h9H,2-5H2,1H3,(H,10,11). The number of imidazole rings is 1. The van der Waals surface area contributed by atoms with Gasteiger partial charge in [-0.1, -0.05) is 0 Å². The van der Waals surface area contributed by atoms with Gasteiger partial charge in [0.05, 0.1) is 29.4 Å². The van der Waals surface area contributed by atoms with Gasteiger partial charge in [0.25, 0.3) is 0 Å². The zero-order valence-electron chi connectivity index (χ0n) is 8.00. The summed E-state index contributed by atoms with van der Waals surface area (Å²) in [5, 5.41) is 2.97. The number of nitrogens with zero attached hydrogens (tertiary/aromatic N) is 1. The number of hydrogen-bond acceptors (Lipinski definition) is 4. The summed E-state index contributed by atoms with van der Waals surface area (Å²) < 4.78 is 22.6. The maximum Gasteiger partial charge on any atom is 0.156 e. The summed E-state index contributed by atoms with van der Waals surface area (Å²) >= 11 is 0. The molecule has 1 aliphatic rings. The number of hydrogen-bond donors (Lipinski definition) is 2. The highest BCUT2D eigenvalue weighted by Crippen LogP contribution is 2.18. The Kier molecular flexibility index (Phi) is 2.32. The fraction of sp³-hybridized carbons (Fsp3) is 0.625. The summed E-state index contributed by atoms with van der Waals surface area (Å²) in [6.45, 7) is 0.646. The second-order valence-electron chi connectivity index (χ2n) is 3.48. The highest BCUT2D eigenvalue weighted by Gasteiger charge is 2.24. The van der Waals surface area contributed by atoms with E-state index < -0.39 is 9.84 Å². The minimum absolute atomic E-state index is 0.110. The van der Waals surface area contributed by atoms with Gasteiger partial charge in [0.2, 0.25) is 0 Å². The molecule has 1 aromatic rings. The van der Waals surface area contributed by atoms with Crippen LogP contribution in [0.1, 0.15) is 17.2 Å². The lowest BCUT2D eigenvalue weighted by Crippen LogP contribution is -2.18. The summed E-state index contributed by atoms with van der Waals surface area (Å²) in [7, 11) is -1.06. The Hall–Kier alpha value is -0.880. The number of H-pyrrole nitrogens is 1. The first-order valence-electron chi connectivity index (χ1n) is 4.52. The molecule has 0 amide bonds. The van der Waals surface area contributed by atoms with Gasteiger partial charge >= 0.3 is 0 Å². The first kappa shape index (κ1) is 9.67. The minimum Gasteiger partial charge on any atom is -0.344 e. The van der Waals surface area contributed by atoms with Gasteiger partial charge in [0.15, 0.2) is 9.84 Å². The predicted octanol–water partition coefficient (Wildman–Crippen LogP) is -0.400. The Bertz CT molecular complexity index is 435. The van der Waals surface area contributed by atoms with Gasteiger partial charge in [-0.2, -0.15) is 0 Å². The molecule has 2 heterocycles. The molecule has 0 aliphatic carbocycles. The van der Waals surface area contributed by atoms with Gasteiger partial charge in [0, 0.05) is 6.42 Å². The lowest BCUT2D eigenvalue weighted by atomic mass is 10.3. The van der Waals surface area contributed by atoms with E-state index >= 15 is 0 Å². The number of aromatic amines is 1. The monoisotopic (exact) mass is 215 g/mol. The van der Waals surface area contributed by atoms with Gasteiger partial charge in [-0.15, -0.1) is 0 Å². The van der Waals surface area contributed by atoms with Crippen LogP contribution in [0.2, 0.25) is 0 Å². The van der Waals surface area contributed by atoms with Crippen molar-refractivity contribution in [2.45, 2.75) is 18.7 Å². The van der Waals surface area contributed by atoms with Crippen molar-refractivity contribution in [3.8, 4) is 0 Å². The maximum atomic E-state index is 11.3. The fourth-order valence-corrected chi connectivity index (χ4v) is 2.95. The number of fused-ring (bicyclic) bond motifs is 1. The average molecular weight is 215 g/mol. The highest BCUT2D eigenvalue weighted by atomic mass is 32.2. The number of sulfone groups is 1. The van der Waals surface area contributed by atoms with Gasteiger partial charge in [-0.25, -0.2) is 13.4 Å². The van der Waals surface area contributed by atoms with Crippen LogP contribution in [-0.4, -0.2) is 31.2 Å². The van der Waals surface area contributed by atoms with Crippen LogP contribution in [-0.2, 0) is 28.6 Å². The molecule has 2 N–H and O–H groups in total. The zero-order valence-corrected chi connectivity index (χ0v) is 8.82. The average Bonchev–Trinajstić information content (AvgIpc) is 2.45. The van der Waals surface area contributed by atoms with Crippen LogP contribution in [0.3, 0.4) is 0 Å². The summed E-state index contributed by atoms with van der Waals surface area (Å²) in [4.78, 5) is 7.36. The third-order valence-electron chi connectivity index (χ3n) is 2.27. The van der Waals surface area contributed by atoms with E-state index in [2.05, 4.69) is 15.3 Å². The molecule has 0 saturated heterocycles. The third-order valence-corrected chi connectivity index (χ3v) is 3.83. The molecule has 1 aliphatic heterocycles. The molecule has 0 saturated carbocycles. The largest absolute Gasteiger partial charge is 0.344 e. The SMILES string of the molecule is CNCc1nc2c([nH]1)CS(=O)(=O)CC2. The number of nitrogens with one attached hydrogen (secondary N) is 2. The van der Waals surface area contributed by atoms with E-state index in [0.717, 1.165) is 17.2 Å². The van der Waals surface area contributed by atoms with Crippen molar-refractivity contribution in [3.05, 3.63) is 17.2 Å². The molecule has 0 aromatic carbocycles. The normalized spacial score (nSPS) is 19.2. The molecular formula is C8H13N3O2S. The van der Waals surface area contributed by atoms with Crippen molar-refractivity contribution in [1.29, 1.82) is 0 Å². The Labute approximate surface area is 82.9 Å². The Morgan fingerprint density at radius 3 is 3.07 bits per heavy atom. The van der Waals surface area contributed by atoms with Crippen LogP contribution in [0.25, 0.3) is 0 Å². The van der Waals surface area contributed by atoms with Gasteiger partial charge < -0.3 is 10.3 Å². The van der Waals surface area contributed by atoms with E-state index in [1.54, 1.807) is 0 Å². The van der Waals surface area contributed by atoms with Gasteiger partial charge in [-0.05, 0) is 7.05 Å². The van der Waals surface area contributed by atoms with E-state index in [4.69, 9.17) is 0 Å². The molecule has 0 fully saturated rings. The van der Waals surface area contributed by atoms with Crippen molar-refractivity contribution < 1.29 is 8.42 Å². The number of aryl methyl sites for hydroxylation is 1. The molecule has 5 nitrogen and oxygen atoms in total. The Balaban J connectivity index is 2.30. The number of rotatable bonds is 2. The van der Waals surface area contributed by atoms with Gasteiger partial charge in [0.1, 0.15) is 5.82 Å². The molecule has 2 rings (SSSR count). The van der Waals surface area contributed by atoms with Crippen molar-refractivity contribution in [1.82, 2.24) is 15.3 Å². The van der Waals surface area contributed by atoms with Crippen LogP contribution >= 0.6 is 0 Å². The third kappa shape index (κ3) is 1.80. The van der Waals surface area contributed by atoms with Gasteiger partial charge in [-0.3, -0.25) is 0 Å². The summed E-state index contributed by atoms with van der Waals surface area (Å²) in [5.74, 6) is 1.15. The highest BCUT2D eigenvalue weighted by molar-refractivity contribution is 7.90. The maximum absolute atomic E-state index is 11.3. The molecule has 0 atom stereocenters. The Morgan fingerprint density at radius 1 is 1.57 bits per heavy atom. The fourth-order valence-electron chi connectivity index (χ4n) is 1.63. The second-order valence-corrected chi connectivity index (χ2v) is 5.67. The van der Waals surface area contributed by atoms with E-state index in [0.29, 0.717) is 13.0 Å². The molecule has 0 radical (unpaired) electrons. The smallest absolute Gasteiger partial charge is 0.156 e. The van der Waals surface area contributed by atoms with Crippen molar-refractivity contribution in [2.75, 3.05) is 12.8 Å². The predicted molar refractivity (Wildman–Crippen MR) is 52.5 cm³/mol. The Morgan fingerprint density at radius 2 is 2.36 bits per heavy atom. The summed E-state index contributed by atoms with van der Waals surface area (Å²) in [5.41, 5.74) is 1.67. The van der Waals surface area contributed by atoms with Crippen LogP contribution in [0.4, 0.5) is 0 Å². The molecule has 0 bridgehead atoms. The van der Waals surface area contributed by atoms with Crippen molar-refractivity contribution in [2.24, 2.45) is 0 Å². The lowest BCUT2D eigenvalue weighted by molar-refractivity contribution is 0.590. The van der Waals surface area contributed by atoms with Crippen LogP contribution in [0.15, 0.2) is 0 Å². The van der Waals surface area contributed by atoms with E-state index in [1.165, 1.54) is 0 Å². The lowest BCUT2D eigenvalue weighted by Gasteiger charge is -2.09. The van der Waals surface area contributed by atoms with E-state index in [1.807, 2.05) is 7.05 Å². The molecule has 0 spiro atoms. The van der Waals surface area contributed by atoms with Crippen LogP contribution in [0.5, 0.6) is 0 Å². The number of aromatic nitrogens is 2. The summed E-state index contributed by atoms with van der Waals surface area (Å²) in [6, 6.07) is 0. The molecule has 78 valence electrons. The van der Waals surface area contributed by atoms with Crippen LogP contribution in [0, 0.1) is 0 Å². The van der Waals surface area contributed by atoms with Crippen molar-refractivity contribution >= 4 is 9.84 Å². The quantitative estimate of drug-likeness (QED) is 0.704. The second kappa shape index (κ2) is 3.36.